The Bertz CT molecular complexity index is 1360. The molecule has 1 atom stereocenters. The molecule has 9 heteroatoms. The largest absolute Gasteiger partial charge is 0.354 e. The van der Waals surface area contributed by atoms with E-state index >= 15 is 0 Å². The first-order valence-corrected chi connectivity index (χ1v) is 15.1. The summed E-state index contributed by atoms with van der Waals surface area (Å²) in [4.78, 5) is 29.0. The Morgan fingerprint density at radius 2 is 1.56 bits per heavy atom. The number of sulfonamides is 1. The molecule has 1 N–H and O–H groups in total. The van der Waals surface area contributed by atoms with Crippen LogP contribution in [0.5, 0.6) is 0 Å². The van der Waals surface area contributed by atoms with Crippen molar-refractivity contribution in [3.8, 4) is 0 Å². The van der Waals surface area contributed by atoms with Gasteiger partial charge in [0.2, 0.25) is 21.8 Å². The number of benzene rings is 3. The van der Waals surface area contributed by atoms with E-state index in [1.54, 1.807) is 12.1 Å². The van der Waals surface area contributed by atoms with E-state index in [9.17, 15) is 18.0 Å². The number of nitrogens with zero attached hydrogens (tertiary/aromatic N) is 2. The molecule has 0 aliphatic rings. The summed E-state index contributed by atoms with van der Waals surface area (Å²) >= 11 is 3.48. The SMILES string of the molecule is Cc1ccc(S(=O)(=O)N(C)CC(=O)N(Cc2cccc(Br)c2)C(Cc2ccccc2)C(=O)NCC(C)C)cc1. The predicted octanol–water partition coefficient (Wildman–Crippen LogP) is 4.79. The van der Waals surface area contributed by atoms with E-state index in [0.29, 0.717) is 13.0 Å². The van der Waals surface area contributed by atoms with Gasteiger partial charge in [0.1, 0.15) is 6.04 Å². The number of rotatable bonds is 12. The molecule has 0 aromatic heterocycles. The summed E-state index contributed by atoms with van der Waals surface area (Å²) in [6, 6.07) is 22.7. The maximum atomic E-state index is 13.9. The maximum Gasteiger partial charge on any atom is 0.243 e. The number of aryl methyl sites for hydroxylation is 1. The van der Waals surface area contributed by atoms with Crippen LogP contribution in [-0.4, -0.2) is 55.6 Å². The third kappa shape index (κ3) is 8.74. The zero-order chi connectivity index (χ0) is 28.6. The molecule has 1 unspecified atom stereocenters. The second kappa shape index (κ2) is 13.9. The number of amides is 2. The Labute approximate surface area is 240 Å². The molecule has 0 fully saturated rings. The second-order valence-corrected chi connectivity index (χ2v) is 13.0. The highest BCUT2D eigenvalue weighted by molar-refractivity contribution is 9.10. The van der Waals surface area contributed by atoms with Crippen LogP contribution in [0.25, 0.3) is 0 Å². The van der Waals surface area contributed by atoms with Crippen LogP contribution in [0.3, 0.4) is 0 Å². The molecule has 3 rings (SSSR count). The smallest absolute Gasteiger partial charge is 0.243 e. The van der Waals surface area contributed by atoms with Crippen LogP contribution in [0.2, 0.25) is 0 Å². The van der Waals surface area contributed by atoms with Crippen LogP contribution in [0.4, 0.5) is 0 Å². The molecule has 0 saturated carbocycles. The molecule has 0 aliphatic heterocycles. The van der Waals surface area contributed by atoms with Gasteiger partial charge in [0.05, 0.1) is 11.4 Å². The minimum absolute atomic E-state index is 0.109. The van der Waals surface area contributed by atoms with Crippen LogP contribution >= 0.6 is 15.9 Å². The lowest BCUT2D eigenvalue weighted by Gasteiger charge is -2.33. The first-order chi connectivity index (χ1) is 18.5. The minimum atomic E-state index is -3.91. The Morgan fingerprint density at radius 3 is 2.18 bits per heavy atom. The average molecular weight is 615 g/mol. The summed E-state index contributed by atoms with van der Waals surface area (Å²) in [7, 11) is -2.53. The summed E-state index contributed by atoms with van der Waals surface area (Å²) in [5.74, 6) is -0.514. The van der Waals surface area contributed by atoms with E-state index < -0.39 is 28.5 Å². The molecule has 39 heavy (non-hydrogen) atoms. The number of hydrogen-bond donors (Lipinski definition) is 1. The molecule has 208 valence electrons. The van der Waals surface area contributed by atoms with E-state index in [4.69, 9.17) is 0 Å². The van der Waals surface area contributed by atoms with Crippen molar-refractivity contribution in [1.82, 2.24) is 14.5 Å². The van der Waals surface area contributed by atoms with Crippen molar-refractivity contribution in [2.45, 2.75) is 44.7 Å². The van der Waals surface area contributed by atoms with Gasteiger partial charge < -0.3 is 10.2 Å². The highest BCUT2D eigenvalue weighted by Crippen LogP contribution is 2.20. The fourth-order valence-electron chi connectivity index (χ4n) is 4.06. The molecule has 0 aliphatic carbocycles. The van der Waals surface area contributed by atoms with Gasteiger partial charge in [-0.15, -0.1) is 0 Å². The van der Waals surface area contributed by atoms with Gasteiger partial charge in [0.15, 0.2) is 0 Å². The Balaban J connectivity index is 1.96. The zero-order valence-corrected chi connectivity index (χ0v) is 25.2. The van der Waals surface area contributed by atoms with Crippen LogP contribution in [-0.2, 0) is 32.6 Å². The monoisotopic (exact) mass is 613 g/mol. The van der Waals surface area contributed by atoms with Crippen LogP contribution < -0.4 is 5.32 Å². The van der Waals surface area contributed by atoms with Crippen LogP contribution in [0.15, 0.2) is 88.2 Å². The normalized spacial score (nSPS) is 12.4. The fraction of sp³-hybridized carbons (Fsp3) is 0.333. The van der Waals surface area contributed by atoms with Crippen LogP contribution in [0, 0.1) is 12.8 Å². The summed E-state index contributed by atoms with van der Waals surface area (Å²) < 4.78 is 28.4. The average Bonchev–Trinajstić information content (AvgIpc) is 2.90. The number of hydrogen-bond acceptors (Lipinski definition) is 4. The summed E-state index contributed by atoms with van der Waals surface area (Å²) in [5.41, 5.74) is 2.65. The third-order valence-electron chi connectivity index (χ3n) is 6.28. The molecule has 7 nitrogen and oxygen atoms in total. The maximum absolute atomic E-state index is 13.9. The van der Waals surface area contributed by atoms with Gasteiger partial charge in [-0.3, -0.25) is 9.59 Å². The van der Waals surface area contributed by atoms with E-state index in [0.717, 1.165) is 25.5 Å². The Hall–Kier alpha value is -3.01. The quantitative estimate of drug-likeness (QED) is 0.318. The van der Waals surface area contributed by atoms with Crippen molar-refractivity contribution >= 4 is 37.8 Å². The molecule has 2 amide bonds. The first kappa shape index (κ1) is 30.5. The number of carbonyl (C=O) groups excluding carboxylic acids is 2. The first-order valence-electron chi connectivity index (χ1n) is 12.9. The highest BCUT2D eigenvalue weighted by atomic mass is 79.9. The van der Waals surface area contributed by atoms with Gasteiger partial charge in [0, 0.05) is 31.0 Å². The molecular formula is C30H36BrN3O4S. The van der Waals surface area contributed by atoms with Gasteiger partial charge in [-0.25, -0.2) is 8.42 Å². The number of likely N-dealkylation sites (N-methyl/N-ethyl adjacent to an activating group) is 1. The molecular weight excluding hydrogens is 578 g/mol. The molecule has 0 heterocycles. The van der Waals surface area contributed by atoms with Crippen molar-refractivity contribution in [1.29, 1.82) is 0 Å². The van der Waals surface area contributed by atoms with Crippen molar-refractivity contribution in [2.24, 2.45) is 5.92 Å². The minimum Gasteiger partial charge on any atom is -0.354 e. The number of nitrogens with one attached hydrogen (secondary N) is 1. The van der Waals surface area contributed by atoms with Gasteiger partial charge in [-0.1, -0.05) is 89.9 Å². The Kier molecular flexibility index (Phi) is 10.9. The van der Waals surface area contributed by atoms with Gasteiger partial charge in [-0.2, -0.15) is 4.31 Å². The van der Waals surface area contributed by atoms with E-state index in [-0.39, 0.29) is 23.3 Å². The summed E-state index contributed by atoms with van der Waals surface area (Å²) in [5, 5.41) is 2.98. The molecule has 3 aromatic carbocycles. The third-order valence-corrected chi connectivity index (χ3v) is 8.60. The van der Waals surface area contributed by atoms with Crippen molar-refractivity contribution in [2.75, 3.05) is 20.1 Å². The van der Waals surface area contributed by atoms with E-state index in [1.165, 1.54) is 24.1 Å². The van der Waals surface area contributed by atoms with Gasteiger partial charge >= 0.3 is 0 Å². The topological polar surface area (TPSA) is 86.8 Å². The number of carbonyl (C=O) groups is 2. The number of halogens is 1. The summed E-state index contributed by atoms with van der Waals surface area (Å²) in [6.45, 7) is 6.07. The van der Waals surface area contributed by atoms with Crippen molar-refractivity contribution < 1.29 is 18.0 Å². The predicted molar refractivity (Wildman–Crippen MR) is 157 cm³/mol. The van der Waals surface area contributed by atoms with E-state index in [2.05, 4.69) is 21.2 Å². The lowest BCUT2D eigenvalue weighted by atomic mass is 10.0. The van der Waals surface area contributed by atoms with Crippen molar-refractivity contribution in [3.63, 3.8) is 0 Å². The second-order valence-electron chi connectivity index (χ2n) is 10.1. The lowest BCUT2D eigenvalue weighted by Crippen LogP contribution is -2.53. The molecule has 0 saturated heterocycles. The van der Waals surface area contributed by atoms with Gasteiger partial charge in [0.25, 0.3) is 0 Å². The van der Waals surface area contributed by atoms with E-state index in [1.807, 2.05) is 75.4 Å². The van der Waals surface area contributed by atoms with Crippen molar-refractivity contribution in [3.05, 3.63) is 100 Å². The molecule has 0 bridgehead atoms. The molecule has 0 spiro atoms. The standard InChI is InChI=1S/C30H36BrN3O4S/c1-22(2)19-32-30(36)28(18-24-9-6-5-7-10-24)34(20-25-11-8-12-26(31)17-25)29(35)21-33(4)39(37,38)27-15-13-23(3)14-16-27/h5-17,22,28H,18-21H2,1-4H3,(H,32,36). The fourth-order valence-corrected chi connectivity index (χ4v) is 5.63. The van der Waals surface area contributed by atoms with Crippen LogP contribution in [0.1, 0.15) is 30.5 Å². The zero-order valence-electron chi connectivity index (χ0n) is 22.8. The van der Waals surface area contributed by atoms with Gasteiger partial charge in [-0.05, 0) is 48.2 Å². The molecule has 0 radical (unpaired) electrons. The lowest BCUT2D eigenvalue weighted by molar-refractivity contribution is -0.141. The Morgan fingerprint density at radius 1 is 0.923 bits per heavy atom. The molecule has 3 aromatic rings. The summed E-state index contributed by atoms with van der Waals surface area (Å²) in [6.07, 6.45) is 0.291. The highest BCUT2D eigenvalue weighted by Gasteiger charge is 2.33.